The first-order chi connectivity index (χ1) is 7.18. The van der Waals surface area contributed by atoms with Crippen molar-refractivity contribution in [2.24, 2.45) is 0 Å². The molecule has 0 saturated carbocycles. The van der Waals surface area contributed by atoms with Crippen molar-refractivity contribution in [1.82, 2.24) is 10.2 Å². The lowest BCUT2D eigenvalue weighted by molar-refractivity contribution is 0.199. The minimum Gasteiger partial charge on any atom is -0.389 e. The van der Waals surface area contributed by atoms with E-state index in [9.17, 15) is 9.50 Å². The molecule has 0 saturated heterocycles. The molecule has 2 rings (SSSR count). The van der Waals surface area contributed by atoms with Gasteiger partial charge in [-0.2, -0.15) is 5.10 Å². The van der Waals surface area contributed by atoms with Gasteiger partial charge >= 0.3 is 0 Å². The maximum Gasteiger partial charge on any atom is 0.123 e. The van der Waals surface area contributed by atoms with Crippen LogP contribution in [0.25, 0.3) is 11.3 Å². The van der Waals surface area contributed by atoms with Gasteiger partial charge in [-0.15, -0.1) is 0 Å². The molecule has 78 valence electrons. The summed E-state index contributed by atoms with van der Waals surface area (Å²) in [6.07, 6.45) is 0.970. The molecule has 3 nitrogen and oxygen atoms in total. The fourth-order valence-corrected chi connectivity index (χ4v) is 1.52. The van der Waals surface area contributed by atoms with Crippen molar-refractivity contribution in [3.63, 3.8) is 0 Å². The molecular formula is C11H11FN2O. The van der Waals surface area contributed by atoms with Gasteiger partial charge in [0.25, 0.3) is 0 Å². The topological polar surface area (TPSA) is 48.9 Å². The number of aliphatic hydroxyl groups is 1. The van der Waals surface area contributed by atoms with Gasteiger partial charge in [-0.3, -0.25) is 5.10 Å². The monoisotopic (exact) mass is 206 g/mol. The van der Waals surface area contributed by atoms with Crippen molar-refractivity contribution in [3.8, 4) is 11.3 Å². The maximum absolute atomic E-state index is 13.0. The second-order valence-electron chi connectivity index (χ2n) is 3.37. The summed E-state index contributed by atoms with van der Waals surface area (Å²) >= 11 is 0. The largest absolute Gasteiger partial charge is 0.389 e. The van der Waals surface area contributed by atoms with E-state index in [2.05, 4.69) is 10.2 Å². The van der Waals surface area contributed by atoms with Crippen LogP contribution in [0.2, 0.25) is 0 Å². The fourth-order valence-electron chi connectivity index (χ4n) is 1.52. The van der Waals surface area contributed by atoms with E-state index in [-0.39, 0.29) is 5.82 Å². The molecule has 1 aromatic carbocycles. The van der Waals surface area contributed by atoms with Gasteiger partial charge in [0, 0.05) is 11.8 Å². The smallest absolute Gasteiger partial charge is 0.123 e. The van der Waals surface area contributed by atoms with Gasteiger partial charge in [0.15, 0.2) is 0 Å². The first kappa shape index (κ1) is 9.86. The predicted molar refractivity (Wildman–Crippen MR) is 54.6 cm³/mol. The Morgan fingerprint density at radius 2 is 2.20 bits per heavy atom. The minimum atomic E-state index is -0.715. The second-order valence-corrected chi connectivity index (χ2v) is 3.37. The molecule has 1 aromatic heterocycles. The Labute approximate surface area is 86.6 Å². The van der Waals surface area contributed by atoms with E-state index in [1.54, 1.807) is 25.3 Å². The lowest BCUT2D eigenvalue weighted by Gasteiger charge is -2.09. The molecular weight excluding hydrogens is 195 g/mol. The van der Waals surface area contributed by atoms with Gasteiger partial charge < -0.3 is 5.11 Å². The molecule has 2 N–H and O–H groups in total. The molecule has 1 unspecified atom stereocenters. The summed E-state index contributed by atoms with van der Waals surface area (Å²) in [6.45, 7) is 1.60. The molecule has 0 radical (unpaired) electrons. The Morgan fingerprint density at radius 1 is 1.40 bits per heavy atom. The van der Waals surface area contributed by atoms with E-state index in [1.807, 2.05) is 0 Å². The Kier molecular flexibility index (Phi) is 2.51. The van der Waals surface area contributed by atoms with Crippen molar-refractivity contribution in [1.29, 1.82) is 0 Å². The molecule has 0 bridgehead atoms. The van der Waals surface area contributed by atoms with E-state index in [0.29, 0.717) is 11.3 Å². The van der Waals surface area contributed by atoms with Crippen LogP contribution < -0.4 is 0 Å². The second kappa shape index (κ2) is 3.82. The molecule has 0 spiro atoms. The highest BCUT2D eigenvalue weighted by molar-refractivity contribution is 5.63. The van der Waals surface area contributed by atoms with Gasteiger partial charge in [0.1, 0.15) is 5.82 Å². The van der Waals surface area contributed by atoms with Crippen molar-refractivity contribution in [2.75, 3.05) is 0 Å². The number of halogens is 1. The third kappa shape index (κ3) is 1.89. The quantitative estimate of drug-likeness (QED) is 0.791. The van der Waals surface area contributed by atoms with Crippen LogP contribution in [-0.2, 0) is 0 Å². The number of aromatic amines is 1. The number of hydrogen-bond acceptors (Lipinski definition) is 2. The summed E-state index contributed by atoms with van der Waals surface area (Å²) in [5, 5.41) is 16.2. The number of rotatable bonds is 2. The van der Waals surface area contributed by atoms with E-state index in [4.69, 9.17) is 0 Å². The Morgan fingerprint density at radius 3 is 2.80 bits per heavy atom. The van der Waals surface area contributed by atoms with Gasteiger partial charge in [-0.1, -0.05) is 0 Å². The number of nitrogens with one attached hydrogen (secondary N) is 1. The molecule has 1 atom stereocenters. The Hall–Kier alpha value is -1.68. The summed E-state index contributed by atoms with van der Waals surface area (Å²) in [5.41, 5.74) is 1.99. The standard InChI is InChI=1S/C11H11FN2O/c1-7(15)10-6-8(12)2-3-9(10)11-4-5-13-14-11/h2-7,15H,1H3,(H,13,14). The zero-order chi connectivity index (χ0) is 10.8. The van der Waals surface area contributed by atoms with Crippen molar-refractivity contribution in [2.45, 2.75) is 13.0 Å². The molecule has 0 aliphatic carbocycles. The average molecular weight is 206 g/mol. The highest BCUT2D eigenvalue weighted by Gasteiger charge is 2.11. The highest BCUT2D eigenvalue weighted by Crippen LogP contribution is 2.27. The molecule has 0 aliphatic rings. The number of nitrogens with zero attached hydrogens (tertiary/aromatic N) is 1. The highest BCUT2D eigenvalue weighted by atomic mass is 19.1. The molecule has 2 aromatic rings. The van der Waals surface area contributed by atoms with Crippen LogP contribution in [0.1, 0.15) is 18.6 Å². The van der Waals surface area contributed by atoms with Crippen LogP contribution in [0.15, 0.2) is 30.5 Å². The first-order valence-electron chi connectivity index (χ1n) is 4.66. The predicted octanol–water partition coefficient (Wildman–Crippen LogP) is 2.27. The lowest BCUT2D eigenvalue weighted by atomic mass is 10.0. The van der Waals surface area contributed by atoms with Gasteiger partial charge in [0.2, 0.25) is 0 Å². The summed E-state index contributed by atoms with van der Waals surface area (Å²) < 4.78 is 13.0. The molecule has 4 heteroatoms. The van der Waals surface area contributed by atoms with Crippen molar-refractivity contribution < 1.29 is 9.50 Å². The normalized spacial score (nSPS) is 12.7. The van der Waals surface area contributed by atoms with Crippen molar-refractivity contribution in [3.05, 3.63) is 41.8 Å². The number of aliphatic hydroxyl groups excluding tert-OH is 1. The molecule has 0 fully saturated rings. The molecule has 0 aliphatic heterocycles. The van der Waals surface area contributed by atoms with Crippen LogP contribution in [0.3, 0.4) is 0 Å². The van der Waals surface area contributed by atoms with E-state index >= 15 is 0 Å². The van der Waals surface area contributed by atoms with Crippen LogP contribution >= 0.6 is 0 Å². The van der Waals surface area contributed by atoms with Crippen LogP contribution in [0.4, 0.5) is 4.39 Å². The van der Waals surface area contributed by atoms with Crippen molar-refractivity contribution >= 4 is 0 Å². The Balaban J connectivity index is 2.56. The SMILES string of the molecule is CC(O)c1cc(F)ccc1-c1cc[nH]n1. The van der Waals surface area contributed by atoms with E-state index in [0.717, 1.165) is 5.56 Å². The molecule has 15 heavy (non-hydrogen) atoms. The van der Waals surface area contributed by atoms with Gasteiger partial charge in [-0.05, 0) is 36.8 Å². The maximum atomic E-state index is 13.0. The number of aromatic nitrogens is 2. The third-order valence-electron chi connectivity index (χ3n) is 2.24. The lowest BCUT2D eigenvalue weighted by Crippen LogP contribution is -1.96. The number of hydrogen-bond donors (Lipinski definition) is 2. The van der Waals surface area contributed by atoms with Gasteiger partial charge in [-0.25, -0.2) is 4.39 Å². The fraction of sp³-hybridized carbons (Fsp3) is 0.182. The molecule has 1 heterocycles. The molecule has 0 amide bonds. The zero-order valence-corrected chi connectivity index (χ0v) is 8.24. The van der Waals surface area contributed by atoms with Gasteiger partial charge in [0.05, 0.1) is 11.8 Å². The van der Waals surface area contributed by atoms with Crippen LogP contribution in [-0.4, -0.2) is 15.3 Å². The van der Waals surface area contributed by atoms with E-state index in [1.165, 1.54) is 12.1 Å². The minimum absolute atomic E-state index is 0.356. The van der Waals surface area contributed by atoms with Crippen LogP contribution in [0, 0.1) is 5.82 Å². The average Bonchev–Trinajstić information content (AvgIpc) is 2.70. The summed E-state index contributed by atoms with van der Waals surface area (Å²) in [5.74, 6) is -0.356. The third-order valence-corrected chi connectivity index (χ3v) is 2.24. The first-order valence-corrected chi connectivity index (χ1v) is 4.66. The Bertz CT molecular complexity index is 452. The summed E-state index contributed by atoms with van der Waals surface area (Å²) in [7, 11) is 0. The summed E-state index contributed by atoms with van der Waals surface area (Å²) in [4.78, 5) is 0. The summed E-state index contributed by atoms with van der Waals surface area (Å²) in [6, 6.07) is 6.08. The number of H-pyrrole nitrogens is 1. The number of benzene rings is 1. The van der Waals surface area contributed by atoms with Crippen LogP contribution in [0.5, 0.6) is 0 Å². The zero-order valence-electron chi connectivity index (χ0n) is 8.24. The van der Waals surface area contributed by atoms with E-state index < -0.39 is 6.10 Å².